The van der Waals surface area contributed by atoms with Crippen LogP contribution in [0.15, 0.2) is 0 Å². The maximum Gasteiger partial charge on any atom is 0.223 e. The summed E-state index contributed by atoms with van der Waals surface area (Å²) in [5, 5.41) is 3.23. The van der Waals surface area contributed by atoms with E-state index in [1.54, 1.807) is 0 Å². The molecule has 0 spiro atoms. The second-order valence-electron chi connectivity index (χ2n) is 6.37. The molecule has 2 aliphatic carbocycles. The van der Waals surface area contributed by atoms with Crippen LogP contribution < -0.4 is 11.1 Å². The van der Waals surface area contributed by atoms with E-state index in [4.69, 9.17) is 5.73 Å². The molecule has 0 aliphatic heterocycles. The minimum Gasteiger partial charge on any atom is -0.352 e. The second-order valence-corrected chi connectivity index (χ2v) is 6.37. The Morgan fingerprint density at radius 3 is 2.39 bits per heavy atom. The van der Waals surface area contributed by atoms with Gasteiger partial charge in [0.1, 0.15) is 0 Å². The van der Waals surface area contributed by atoms with Crippen LogP contribution in [0, 0.1) is 11.8 Å². The van der Waals surface area contributed by atoms with Gasteiger partial charge in [0.15, 0.2) is 0 Å². The Balaban J connectivity index is 1.82. The Labute approximate surface area is 111 Å². The number of carbonyl (C=O) groups is 1. The normalized spacial score (nSPS) is 37.9. The molecule has 104 valence electrons. The predicted octanol–water partition coefficient (Wildman–Crippen LogP) is 2.59. The lowest BCUT2D eigenvalue weighted by Crippen LogP contribution is -2.49. The lowest BCUT2D eigenvalue weighted by Gasteiger charge is -2.29. The summed E-state index contributed by atoms with van der Waals surface area (Å²) in [6.07, 6.45) is 10.4. The fraction of sp³-hybridized carbons (Fsp3) is 0.933. The first-order chi connectivity index (χ1) is 8.66. The van der Waals surface area contributed by atoms with Gasteiger partial charge in [-0.25, -0.2) is 0 Å². The van der Waals surface area contributed by atoms with Crippen LogP contribution in [-0.2, 0) is 4.79 Å². The first-order valence-electron chi connectivity index (χ1n) is 7.72. The van der Waals surface area contributed by atoms with Crippen molar-refractivity contribution in [1.29, 1.82) is 0 Å². The molecule has 18 heavy (non-hydrogen) atoms. The topological polar surface area (TPSA) is 55.1 Å². The number of rotatable bonds is 2. The van der Waals surface area contributed by atoms with E-state index in [0.717, 1.165) is 31.6 Å². The number of carbonyl (C=O) groups excluding carboxylic acids is 1. The van der Waals surface area contributed by atoms with Crippen LogP contribution in [0.4, 0.5) is 0 Å². The second kappa shape index (κ2) is 6.55. The molecule has 2 atom stereocenters. The lowest BCUT2D eigenvalue weighted by molar-refractivity contribution is -0.127. The van der Waals surface area contributed by atoms with Crippen LogP contribution in [0.5, 0.6) is 0 Å². The molecule has 1 amide bonds. The molecule has 0 heterocycles. The molecule has 0 radical (unpaired) electrons. The van der Waals surface area contributed by atoms with E-state index in [9.17, 15) is 4.79 Å². The van der Waals surface area contributed by atoms with Crippen LogP contribution in [0.1, 0.15) is 64.7 Å². The molecule has 3 N–H and O–H groups in total. The molecule has 0 saturated heterocycles. The molecule has 0 aromatic rings. The van der Waals surface area contributed by atoms with E-state index in [1.807, 2.05) is 0 Å². The molecule has 3 heteroatoms. The SMILES string of the molecule is CC1CCC(C(=O)NC2CCCCCC2N)CC1. The molecule has 0 aromatic heterocycles. The number of hydrogen-bond acceptors (Lipinski definition) is 2. The molecule has 2 rings (SSSR count). The van der Waals surface area contributed by atoms with Gasteiger partial charge in [-0.1, -0.05) is 26.2 Å². The van der Waals surface area contributed by atoms with E-state index in [2.05, 4.69) is 12.2 Å². The molecule has 0 bridgehead atoms. The quantitative estimate of drug-likeness (QED) is 0.742. The summed E-state index contributed by atoms with van der Waals surface area (Å²) in [4.78, 5) is 12.3. The molecule has 3 nitrogen and oxygen atoms in total. The highest BCUT2D eigenvalue weighted by Crippen LogP contribution is 2.28. The maximum atomic E-state index is 12.3. The summed E-state index contributed by atoms with van der Waals surface area (Å²) >= 11 is 0. The molecular weight excluding hydrogens is 224 g/mol. The van der Waals surface area contributed by atoms with Crippen molar-refractivity contribution in [3.05, 3.63) is 0 Å². The molecule has 2 unspecified atom stereocenters. The monoisotopic (exact) mass is 252 g/mol. The summed E-state index contributed by atoms with van der Waals surface area (Å²) in [6.45, 7) is 2.29. The molecule has 2 saturated carbocycles. The third-order valence-corrected chi connectivity index (χ3v) is 4.78. The standard InChI is InChI=1S/C15H28N2O/c1-11-7-9-12(10-8-11)15(18)17-14-6-4-2-3-5-13(14)16/h11-14H,2-10,16H2,1H3,(H,17,18). The molecule has 2 fully saturated rings. The minimum atomic E-state index is 0.166. The zero-order valence-electron chi connectivity index (χ0n) is 11.7. The average Bonchev–Trinajstić information content (AvgIpc) is 2.56. The van der Waals surface area contributed by atoms with Crippen molar-refractivity contribution < 1.29 is 4.79 Å². The van der Waals surface area contributed by atoms with Gasteiger partial charge in [0.2, 0.25) is 5.91 Å². The van der Waals surface area contributed by atoms with Crippen molar-refractivity contribution in [1.82, 2.24) is 5.32 Å². The largest absolute Gasteiger partial charge is 0.352 e. The number of amides is 1. The van der Waals surface area contributed by atoms with E-state index in [-0.39, 0.29) is 23.9 Å². The zero-order valence-corrected chi connectivity index (χ0v) is 11.7. The maximum absolute atomic E-state index is 12.3. The Hall–Kier alpha value is -0.570. The Kier molecular flexibility index (Phi) is 5.04. The van der Waals surface area contributed by atoms with Gasteiger partial charge >= 0.3 is 0 Å². The third-order valence-electron chi connectivity index (χ3n) is 4.78. The van der Waals surface area contributed by atoms with Crippen LogP contribution in [0.3, 0.4) is 0 Å². The highest BCUT2D eigenvalue weighted by Gasteiger charge is 2.28. The fourth-order valence-corrected chi connectivity index (χ4v) is 3.34. The van der Waals surface area contributed by atoms with Crippen LogP contribution >= 0.6 is 0 Å². The molecule has 0 aromatic carbocycles. The Morgan fingerprint density at radius 2 is 1.67 bits per heavy atom. The first-order valence-corrected chi connectivity index (χ1v) is 7.72. The number of hydrogen-bond donors (Lipinski definition) is 2. The van der Waals surface area contributed by atoms with E-state index < -0.39 is 0 Å². The van der Waals surface area contributed by atoms with Crippen molar-refractivity contribution >= 4 is 5.91 Å². The van der Waals surface area contributed by atoms with Crippen molar-refractivity contribution in [2.24, 2.45) is 17.6 Å². The molecular formula is C15H28N2O. The number of nitrogens with two attached hydrogens (primary N) is 1. The average molecular weight is 252 g/mol. The van der Waals surface area contributed by atoms with Gasteiger partial charge in [-0.3, -0.25) is 4.79 Å². The summed E-state index contributed by atoms with van der Waals surface area (Å²) < 4.78 is 0. The summed E-state index contributed by atoms with van der Waals surface area (Å²) in [6, 6.07) is 0.387. The van der Waals surface area contributed by atoms with Crippen LogP contribution in [-0.4, -0.2) is 18.0 Å². The highest BCUT2D eigenvalue weighted by atomic mass is 16.1. The van der Waals surface area contributed by atoms with Gasteiger partial charge < -0.3 is 11.1 Å². The highest BCUT2D eigenvalue weighted by molar-refractivity contribution is 5.79. The summed E-state index contributed by atoms with van der Waals surface area (Å²) in [7, 11) is 0. The van der Waals surface area contributed by atoms with Crippen molar-refractivity contribution in [3.63, 3.8) is 0 Å². The zero-order chi connectivity index (χ0) is 13.0. The van der Waals surface area contributed by atoms with Gasteiger partial charge in [-0.15, -0.1) is 0 Å². The molecule has 2 aliphatic rings. The van der Waals surface area contributed by atoms with Crippen molar-refractivity contribution in [2.45, 2.75) is 76.8 Å². The van der Waals surface area contributed by atoms with Gasteiger partial charge in [0.25, 0.3) is 0 Å². The van der Waals surface area contributed by atoms with Crippen molar-refractivity contribution in [2.75, 3.05) is 0 Å². The predicted molar refractivity (Wildman–Crippen MR) is 74.1 cm³/mol. The number of nitrogens with one attached hydrogen (secondary N) is 1. The van der Waals surface area contributed by atoms with Gasteiger partial charge in [0, 0.05) is 18.0 Å². The summed E-state index contributed by atoms with van der Waals surface area (Å²) in [5.74, 6) is 1.31. The van der Waals surface area contributed by atoms with E-state index in [0.29, 0.717) is 0 Å². The van der Waals surface area contributed by atoms with Gasteiger partial charge in [-0.2, -0.15) is 0 Å². The van der Waals surface area contributed by atoms with Crippen molar-refractivity contribution in [3.8, 4) is 0 Å². The van der Waals surface area contributed by atoms with Gasteiger partial charge in [0.05, 0.1) is 0 Å². The fourth-order valence-electron chi connectivity index (χ4n) is 3.34. The summed E-state index contributed by atoms with van der Waals surface area (Å²) in [5.41, 5.74) is 6.16. The third kappa shape index (κ3) is 3.71. The van der Waals surface area contributed by atoms with Crippen LogP contribution in [0.25, 0.3) is 0 Å². The Bertz CT molecular complexity index is 272. The first kappa shape index (κ1) is 13.9. The minimum absolute atomic E-state index is 0.166. The Morgan fingerprint density at radius 1 is 1.00 bits per heavy atom. The van der Waals surface area contributed by atoms with E-state index >= 15 is 0 Å². The lowest BCUT2D eigenvalue weighted by atomic mass is 9.82. The smallest absolute Gasteiger partial charge is 0.223 e. The van der Waals surface area contributed by atoms with E-state index in [1.165, 1.54) is 32.1 Å². The van der Waals surface area contributed by atoms with Gasteiger partial charge in [-0.05, 0) is 44.4 Å². The van der Waals surface area contributed by atoms with Crippen LogP contribution in [0.2, 0.25) is 0 Å².